The third-order valence-corrected chi connectivity index (χ3v) is 7.00. The molecule has 0 bridgehead atoms. The Kier molecular flexibility index (Phi) is 8.03. The number of thioether (sulfide) groups is 1. The number of aryl methyl sites for hydroxylation is 3. The molecule has 0 spiro atoms. The van der Waals surface area contributed by atoms with Crippen LogP contribution >= 0.6 is 11.8 Å². The highest BCUT2D eigenvalue weighted by Gasteiger charge is 2.18. The van der Waals surface area contributed by atoms with Crippen molar-refractivity contribution in [1.82, 2.24) is 14.8 Å². The standard InChI is InChI=1S/C30H34N4O2S/c1-20-7-12-24(13-8-20)34-27(18-36-25-14-10-23(11-15-25)30(4,5)6)32-33-29(34)37-19-28(35)31-26-16-9-21(2)17-22(26)3/h7-17H,18-19H2,1-6H3,(H,31,35). The second-order valence-electron chi connectivity index (χ2n) is 10.3. The van der Waals surface area contributed by atoms with Gasteiger partial charge in [-0.25, -0.2) is 0 Å². The molecule has 0 aliphatic rings. The van der Waals surface area contributed by atoms with Crippen molar-refractivity contribution in [2.75, 3.05) is 11.1 Å². The van der Waals surface area contributed by atoms with Crippen LogP contribution in [0.5, 0.6) is 5.75 Å². The molecule has 0 fully saturated rings. The second-order valence-corrected chi connectivity index (χ2v) is 11.2. The summed E-state index contributed by atoms with van der Waals surface area (Å²) in [6.07, 6.45) is 0. The fourth-order valence-electron chi connectivity index (χ4n) is 3.91. The molecule has 192 valence electrons. The SMILES string of the molecule is Cc1ccc(-n2c(COc3ccc(C(C)(C)C)cc3)nnc2SCC(=O)Nc2ccc(C)cc2C)cc1. The molecule has 4 aromatic rings. The second kappa shape index (κ2) is 11.2. The van der Waals surface area contributed by atoms with Gasteiger partial charge in [0, 0.05) is 11.4 Å². The Bertz CT molecular complexity index is 1370. The highest BCUT2D eigenvalue weighted by atomic mass is 32.2. The molecule has 0 radical (unpaired) electrons. The third kappa shape index (κ3) is 6.80. The maximum absolute atomic E-state index is 12.7. The van der Waals surface area contributed by atoms with E-state index in [-0.39, 0.29) is 23.7 Å². The lowest BCUT2D eigenvalue weighted by Crippen LogP contribution is -2.15. The first-order valence-electron chi connectivity index (χ1n) is 12.3. The fourth-order valence-corrected chi connectivity index (χ4v) is 4.68. The average Bonchev–Trinajstić information content (AvgIpc) is 3.26. The molecule has 0 aliphatic heterocycles. The van der Waals surface area contributed by atoms with E-state index >= 15 is 0 Å². The molecule has 0 saturated carbocycles. The maximum atomic E-state index is 12.7. The molecular formula is C30H34N4O2S. The molecule has 1 heterocycles. The van der Waals surface area contributed by atoms with E-state index in [1.165, 1.54) is 17.3 Å². The maximum Gasteiger partial charge on any atom is 0.234 e. The van der Waals surface area contributed by atoms with E-state index in [0.717, 1.165) is 33.8 Å². The molecule has 1 aromatic heterocycles. The van der Waals surface area contributed by atoms with Crippen molar-refractivity contribution in [3.8, 4) is 11.4 Å². The van der Waals surface area contributed by atoms with Crippen molar-refractivity contribution in [3.05, 3.63) is 94.8 Å². The van der Waals surface area contributed by atoms with Crippen LogP contribution < -0.4 is 10.1 Å². The zero-order chi connectivity index (χ0) is 26.6. The summed E-state index contributed by atoms with van der Waals surface area (Å²) in [5.74, 6) is 1.56. The molecular weight excluding hydrogens is 480 g/mol. The molecule has 3 aromatic carbocycles. The molecule has 6 nitrogen and oxygen atoms in total. The summed E-state index contributed by atoms with van der Waals surface area (Å²) in [6, 6.07) is 22.3. The summed E-state index contributed by atoms with van der Waals surface area (Å²) in [5.41, 5.74) is 6.45. The lowest BCUT2D eigenvalue weighted by Gasteiger charge is -2.19. The van der Waals surface area contributed by atoms with Crippen molar-refractivity contribution >= 4 is 23.4 Å². The van der Waals surface area contributed by atoms with E-state index < -0.39 is 0 Å². The van der Waals surface area contributed by atoms with Gasteiger partial charge < -0.3 is 10.1 Å². The number of benzene rings is 3. The average molecular weight is 515 g/mol. The van der Waals surface area contributed by atoms with Crippen LogP contribution in [-0.4, -0.2) is 26.4 Å². The largest absolute Gasteiger partial charge is 0.486 e. The van der Waals surface area contributed by atoms with Gasteiger partial charge in [-0.3, -0.25) is 9.36 Å². The topological polar surface area (TPSA) is 69.0 Å². The number of rotatable bonds is 8. The Morgan fingerprint density at radius 1 is 0.919 bits per heavy atom. The van der Waals surface area contributed by atoms with Crippen LogP contribution in [0.25, 0.3) is 5.69 Å². The van der Waals surface area contributed by atoms with E-state index in [0.29, 0.717) is 11.0 Å². The number of amides is 1. The minimum absolute atomic E-state index is 0.0840. The van der Waals surface area contributed by atoms with Gasteiger partial charge in [0.2, 0.25) is 5.91 Å². The summed E-state index contributed by atoms with van der Waals surface area (Å²) in [7, 11) is 0. The van der Waals surface area contributed by atoms with Crippen LogP contribution in [-0.2, 0) is 16.8 Å². The number of hydrogen-bond acceptors (Lipinski definition) is 5. The van der Waals surface area contributed by atoms with Crippen LogP contribution in [0.3, 0.4) is 0 Å². The molecule has 1 amide bonds. The van der Waals surface area contributed by atoms with Crippen LogP contribution in [0.2, 0.25) is 0 Å². The first kappa shape index (κ1) is 26.5. The predicted octanol–water partition coefficient (Wildman–Crippen LogP) is 6.80. The quantitative estimate of drug-likeness (QED) is 0.262. The molecule has 37 heavy (non-hydrogen) atoms. The van der Waals surface area contributed by atoms with E-state index in [4.69, 9.17) is 4.74 Å². The first-order chi connectivity index (χ1) is 17.6. The fraction of sp³-hybridized carbons (Fsp3) is 0.300. The number of ether oxygens (including phenoxy) is 1. The van der Waals surface area contributed by atoms with Crippen LogP contribution in [0.15, 0.2) is 71.9 Å². The highest BCUT2D eigenvalue weighted by molar-refractivity contribution is 7.99. The lowest BCUT2D eigenvalue weighted by molar-refractivity contribution is -0.113. The minimum Gasteiger partial charge on any atom is -0.486 e. The minimum atomic E-state index is -0.0906. The molecule has 0 unspecified atom stereocenters. The van der Waals surface area contributed by atoms with Crippen molar-refractivity contribution in [2.45, 2.75) is 58.7 Å². The third-order valence-electron chi connectivity index (χ3n) is 6.07. The van der Waals surface area contributed by atoms with Gasteiger partial charge in [0.25, 0.3) is 0 Å². The molecule has 0 saturated heterocycles. The zero-order valence-electron chi connectivity index (χ0n) is 22.3. The van der Waals surface area contributed by atoms with Gasteiger partial charge in [-0.2, -0.15) is 0 Å². The number of nitrogens with zero attached hydrogens (tertiary/aromatic N) is 3. The monoisotopic (exact) mass is 514 g/mol. The normalized spacial score (nSPS) is 11.4. The smallest absolute Gasteiger partial charge is 0.234 e. The highest BCUT2D eigenvalue weighted by Crippen LogP contribution is 2.26. The number of aromatic nitrogens is 3. The summed E-state index contributed by atoms with van der Waals surface area (Å²) >= 11 is 1.35. The van der Waals surface area contributed by atoms with Gasteiger partial charge in [0.05, 0.1) is 5.75 Å². The number of carbonyl (C=O) groups excluding carboxylic acids is 1. The Morgan fingerprint density at radius 3 is 2.24 bits per heavy atom. The molecule has 0 aliphatic carbocycles. The summed E-state index contributed by atoms with van der Waals surface area (Å²) in [5, 5.41) is 12.4. The van der Waals surface area contributed by atoms with Gasteiger partial charge in [-0.15, -0.1) is 10.2 Å². The number of nitrogens with one attached hydrogen (secondary N) is 1. The van der Waals surface area contributed by atoms with E-state index in [1.54, 1.807) is 0 Å². The molecule has 0 atom stereocenters. The van der Waals surface area contributed by atoms with Gasteiger partial charge >= 0.3 is 0 Å². The first-order valence-corrected chi connectivity index (χ1v) is 13.3. The Morgan fingerprint density at radius 2 is 1.59 bits per heavy atom. The van der Waals surface area contributed by atoms with Crippen molar-refractivity contribution in [3.63, 3.8) is 0 Å². The number of hydrogen-bond donors (Lipinski definition) is 1. The van der Waals surface area contributed by atoms with Crippen LogP contribution in [0.1, 0.15) is 48.8 Å². The molecule has 7 heteroatoms. The van der Waals surface area contributed by atoms with Crippen LogP contribution in [0, 0.1) is 20.8 Å². The summed E-state index contributed by atoms with van der Waals surface area (Å²) in [4.78, 5) is 12.7. The zero-order valence-corrected chi connectivity index (χ0v) is 23.1. The number of anilines is 1. The van der Waals surface area contributed by atoms with E-state index in [9.17, 15) is 4.79 Å². The van der Waals surface area contributed by atoms with Crippen molar-refractivity contribution in [1.29, 1.82) is 0 Å². The Hall–Kier alpha value is -3.58. The van der Waals surface area contributed by atoms with Crippen molar-refractivity contribution in [2.24, 2.45) is 0 Å². The predicted molar refractivity (Wildman–Crippen MR) is 151 cm³/mol. The summed E-state index contributed by atoms with van der Waals surface area (Å²) in [6.45, 7) is 12.9. The Labute approximate surface area is 223 Å². The van der Waals surface area contributed by atoms with E-state index in [1.807, 2.05) is 73.9 Å². The lowest BCUT2D eigenvalue weighted by atomic mass is 9.87. The van der Waals surface area contributed by atoms with Gasteiger partial charge in [-0.05, 0) is 67.6 Å². The van der Waals surface area contributed by atoms with Crippen LogP contribution in [0.4, 0.5) is 5.69 Å². The molecule has 1 N–H and O–H groups in total. The van der Waals surface area contributed by atoms with Crippen molar-refractivity contribution < 1.29 is 9.53 Å². The van der Waals surface area contributed by atoms with Gasteiger partial charge in [-0.1, -0.05) is 80.1 Å². The van der Waals surface area contributed by atoms with Gasteiger partial charge in [0.1, 0.15) is 12.4 Å². The molecule has 4 rings (SSSR count). The van der Waals surface area contributed by atoms with Gasteiger partial charge in [0.15, 0.2) is 11.0 Å². The van der Waals surface area contributed by atoms with E-state index in [2.05, 4.69) is 54.5 Å². The Balaban J connectivity index is 1.50. The summed E-state index contributed by atoms with van der Waals surface area (Å²) < 4.78 is 8.03. The number of carbonyl (C=O) groups is 1.